The summed E-state index contributed by atoms with van der Waals surface area (Å²) in [6, 6.07) is 6.13. The van der Waals surface area contributed by atoms with E-state index >= 15 is 0 Å². The summed E-state index contributed by atoms with van der Waals surface area (Å²) >= 11 is 0. The van der Waals surface area contributed by atoms with E-state index in [1.165, 1.54) is 31.2 Å². The Bertz CT molecular complexity index is 522. The van der Waals surface area contributed by atoms with E-state index in [0.717, 1.165) is 37.3 Å². The Labute approximate surface area is 127 Å². The lowest BCUT2D eigenvalue weighted by molar-refractivity contribution is 0.0495. The van der Waals surface area contributed by atoms with Crippen LogP contribution >= 0.6 is 0 Å². The van der Waals surface area contributed by atoms with Crippen molar-refractivity contribution in [2.45, 2.75) is 39.5 Å². The van der Waals surface area contributed by atoms with Crippen LogP contribution < -0.4 is 5.32 Å². The number of amides is 1. The van der Waals surface area contributed by atoms with Crippen LogP contribution in [-0.2, 0) is 0 Å². The number of rotatable bonds is 1. The molecule has 0 aliphatic carbocycles. The van der Waals surface area contributed by atoms with Gasteiger partial charge in [-0.15, -0.1) is 0 Å². The molecule has 1 amide bonds. The van der Waals surface area contributed by atoms with Crippen LogP contribution in [-0.4, -0.2) is 37.0 Å². The first kappa shape index (κ1) is 14.6. The van der Waals surface area contributed by atoms with Crippen molar-refractivity contribution in [2.75, 3.05) is 26.2 Å². The first-order chi connectivity index (χ1) is 10.1. The van der Waals surface area contributed by atoms with Gasteiger partial charge in [0.15, 0.2) is 0 Å². The van der Waals surface area contributed by atoms with Gasteiger partial charge in [-0.25, -0.2) is 0 Å². The maximum Gasteiger partial charge on any atom is 0.254 e. The molecule has 2 saturated heterocycles. The molecular weight excluding hydrogens is 260 g/mol. The molecule has 2 heterocycles. The molecule has 2 aliphatic rings. The molecule has 0 atom stereocenters. The van der Waals surface area contributed by atoms with E-state index in [1.54, 1.807) is 0 Å². The molecule has 3 nitrogen and oxygen atoms in total. The van der Waals surface area contributed by atoms with E-state index in [4.69, 9.17) is 0 Å². The van der Waals surface area contributed by atoms with E-state index < -0.39 is 0 Å². The zero-order chi connectivity index (χ0) is 14.9. The summed E-state index contributed by atoms with van der Waals surface area (Å²) in [5.41, 5.74) is 3.70. The number of aryl methyl sites for hydroxylation is 2. The lowest BCUT2D eigenvalue weighted by Crippen LogP contribution is -2.47. The molecule has 2 aliphatic heterocycles. The Hall–Kier alpha value is -1.35. The number of likely N-dealkylation sites (tertiary alicyclic amines) is 1. The van der Waals surface area contributed by atoms with Crippen molar-refractivity contribution in [2.24, 2.45) is 5.41 Å². The molecule has 0 bridgehead atoms. The van der Waals surface area contributed by atoms with Crippen LogP contribution in [0.3, 0.4) is 0 Å². The standard InChI is InChI=1S/C18H26N2O/c1-14-3-4-16(15(2)13-14)17(21)20-11-7-18(8-12-20)5-9-19-10-6-18/h3-4,13,19H,5-12H2,1-2H3. The molecule has 0 saturated carbocycles. The van der Waals surface area contributed by atoms with Gasteiger partial charge in [-0.2, -0.15) is 0 Å². The lowest BCUT2D eigenvalue weighted by Gasteiger charge is -2.44. The van der Waals surface area contributed by atoms with E-state index in [1.807, 2.05) is 19.1 Å². The summed E-state index contributed by atoms with van der Waals surface area (Å²) in [7, 11) is 0. The summed E-state index contributed by atoms with van der Waals surface area (Å²) in [4.78, 5) is 14.8. The Morgan fingerprint density at radius 1 is 1.10 bits per heavy atom. The third kappa shape index (κ3) is 2.98. The zero-order valence-electron chi connectivity index (χ0n) is 13.2. The molecule has 0 aromatic heterocycles. The average molecular weight is 286 g/mol. The third-order valence-electron chi connectivity index (χ3n) is 5.39. The van der Waals surface area contributed by atoms with Crippen LogP contribution in [0.5, 0.6) is 0 Å². The van der Waals surface area contributed by atoms with Crippen molar-refractivity contribution in [1.29, 1.82) is 0 Å². The predicted octanol–water partition coefficient (Wildman–Crippen LogP) is 2.91. The first-order valence-corrected chi connectivity index (χ1v) is 8.17. The summed E-state index contributed by atoms with van der Waals surface area (Å²) in [6.45, 7) is 8.25. The van der Waals surface area contributed by atoms with Gasteiger partial charge in [0.05, 0.1) is 0 Å². The number of benzene rings is 1. The number of piperidine rings is 2. The molecule has 1 N–H and O–H groups in total. The van der Waals surface area contributed by atoms with Gasteiger partial charge in [-0.05, 0) is 69.7 Å². The summed E-state index contributed by atoms with van der Waals surface area (Å²) < 4.78 is 0. The SMILES string of the molecule is Cc1ccc(C(=O)N2CCC3(CCNCC3)CC2)c(C)c1. The number of carbonyl (C=O) groups is 1. The maximum atomic E-state index is 12.7. The Kier molecular flexibility index (Phi) is 4.03. The second-order valence-electron chi connectivity index (χ2n) is 6.86. The van der Waals surface area contributed by atoms with Crippen LogP contribution in [0.4, 0.5) is 0 Å². The molecule has 1 spiro atoms. The minimum absolute atomic E-state index is 0.219. The summed E-state index contributed by atoms with van der Waals surface area (Å²) in [5.74, 6) is 0.219. The molecule has 0 unspecified atom stereocenters. The van der Waals surface area contributed by atoms with Crippen LogP contribution in [0.25, 0.3) is 0 Å². The summed E-state index contributed by atoms with van der Waals surface area (Å²) in [6.07, 6.45) is 4.90. The van der Waals surface area contributed by atoms with Crippen LogP contribution in [0.1, 0.15) is 47.2 Å². The Balaban J connectivity index is 1.67. The number of carbonyl (C=O) groups excluding carboxylic acids is 1. The molecule has 1 aromatic rings. The van der Waals surface area contributed by atoms with Crippen LogP contribution in [0.2, 0.25) is 0 Å². The Morgan fingerprint density at radius 2 is 1.76 bits per heavy atom. The topological polar surface area (TPSA) is 32.3 Å². The van der Waals surface area contributed by atoms with Gasteiger partial charge in [-0.3, -0.25) is 4.79 Å². The zero-order valence-corrected chi connectivity index (χ0v) is 13.2. The first-order valence-electron chi connectivity index (χ1n) is 8.17. The van der Waals surface area contributed by atoms with Gasteiger partial charge in [0.2, 0.25) is 0 Å². The molecule has 1 aromatic carbocycles. The van der Waals surface area contributed by atoms with E-state index in [0.29, 0.717) is 5.41 Å². The van der Waals surface area contributed by atoms with Crippen molar-refractivity contribution in [1.82, 2.24) is 10.2 Å². The van der Waals surface area contributed by atoms with E-state index in [-0.39, 0.29) is 5.91 Å². The fourth-order valence-electron chi connectivity index (χ4n) is 3.87. The monoisotopic (exact) mass is 286 g/mol. The van der Waals surface area contributed by atoms with Gasteiger partial charge in [0, 0.05) is 18.7 Å². The minimum atomic E-state index is 0.219. The minimum Gasteiger partial charge on any atom is -0.339 e. The van der Waals surface area contributed by atoms with Gasteiger partial charge in [-0.1, -0.05) is 17.7 Å². The van der Waals surface area contributed by atoms with Crippen molar-refractivity contribution >= 4 is 5.91 Å². The van der Waals surface area contributed by atoms with Crippen molar-refractivity contribution in [3.63, 3.8) is 0 Å². The average Bonchev–Trinajstić information content (AvgIpc) is 2.48. The highest BCUT2D eigenvalue weighted by Gasteiger charge is 2.36. The maximum absolute atomic E-state index is 12.7. The van der Waals surface area contributed by atoms with Crippen molar-refractivity contribution in [3.05, 3.63) is 34.9 Å². The van der Waals surface area contributed by atoms with E-state index in [9.17, 15) is 4.79 Å². The molecular formula is C18H26N2O. The smallest absolute Gasteiger partial charge is 0.254 e. The summed E-state index contributed by atoms with van der Waals surface area (Å²) in [5, 5.41) is 3.45. The highest BCUT2D eigenvalue weighted by atomic mass is 16.2. The number of hydrogen-bond acceptors (Lipinski definition) is 2. The van der Waals surface area contributed by atoms with E-state index in [2.05, 4.69) is 23.2 Å². The fraction of sp³-hybridized carbons (Fsp3) is 0.611. The molecule has 3 heteroatoms. The predicted molar refractivity (Wildman–Crippen MR) is 85.6 cm³/mol. The number of hydrogen-bond donors (Lipinski definition) is 1. The second-order valence-corrected chi connectivity index (χ2v) is 6.86. The molecule has 114 valence electrons. The number of nitrogens with one attached hydrogen (secondary N) is 1. The fourth-order valence-corrected chi connectivity index (χ4v) is 3.87. The van der Waals surface area contributed by atoms with Gasteiger partial charge in [0.1, 0.15) is 0 Å². The highest BCUT2D eigenvalue weighted by molar-refractivity contribution is 5.95. The normalized spacial score (nSPS) is 21.5. The third-order valence-corrected chi connectivity index (χ3v) is 5.39. The van der Waals surface area contributed by atoms with Gasteiger partial charge >= 0.3 is 0 Å². The number of nitrogens with zero attached hydrogens (tertiary/aromatic N) is 1. The molecule has 3 rings (SSSR count). The van der Waals surface area contributed by atoms with Gasteiger partial charge in [0.25, 0.3) is 5.91 Å². The van der Waals surface area contributed by atoms with Crippen LogP contribution in [0, 0.1) is 19.3 Å². The highest BCUT2D eigenvalue weighted by Crippen LogP contribution is 2.39. The van der Waals surface area contributed by atoms with Gasteiger partial charge < -0.3 is 10.2 Å². The molecule has 0 radical (unpaired) electrons. The quantitative estimate of drug-likeness (QED) is 0.861. The Morgan fingerprint density at radius 3 is 2.38 bits per heavy atom. The van der Waals surface area contributed by atoms with Crippen LogP contribution in [0.15, 0.2) is 18.2 Å². The second kappa shape index (κ2) is 5.80. The van der Waals surface area contributed by atoms with Crippen molar-refractivity contribution < 1.29 is 4.79 Å². The van der Waals surface area contributed by atoms with Crippen molar-refractivity contribution in [3.8, 4) is 0 Å². The largest absolute Gasteiger partial charge is 0.339 e. The molecule has 2 fully saturated rings. The molecule has 21 heavy (non-hydrogen) atoms. The lowest BCUT2D eigenvalue weighted by atomic mass is 9.71.